The van der Waals surface area contributed by atoms with Crippen molar-refractivity contribution in [3.8, 4) is 0 Å². The molecule has 1 aromatic carbocycles. The van der Waals surface area contributed by atoms with Crippen molar-refractivity contribution in [2.75, 3.05) is 6.54 Å². The lowest BCUT2D eigenvalue weighted by Crippen LogP contribution is -2.36. The predicted octanol–water partition coefficient (Wildman–Crippen LogP) is 5.03. The van der Waals surface area contributed by atoms with Crippen molar-refractivity contribution in [1.29, 1.82) is 0 Å². The number of hydrogen-bond donors (Lipinski definition) is 0. The summed E-state index contributed by atoms with van der Waals surface area (Å²) in [6.07, 6.45) is 3.87. The molecular weight excluding hydrogens is 274 g/mol. The van der Waals surface area contributed by atoms with Gasteiger partial charge in [-0.3, -0.25) is 0 Å². The monoisotopic (exact) mass is 303 g/mol. The Hall–Kier alpha value is -1.77. The molecule has 0 heterocycles. The molecule has 1 aromatic rings. The van der Waals surface area contributed by atoms with Gasteiger partial charge >= 0.3 is 6.09 Å². The molecule has 0 bridgehead atoms. The van der Waals surface area contributed by atoms with Crippen LogP contribution in [-0.2, 0) is 11.3 Å². The summed E-state index contributed by atoms with van der Waals surface area (Å²) in [5.41, 5.74) is 0.712. The lowest BCUT2D eigenvalue weighted by Gasteiger charge is -2.27. The topological polar surface area (TPSA) is 29.5 Å². The lowest BCUT2D eigenvalue weighted by molar-refractivity contribution is 0.0256. The summed E-state index contributed by atoms with van der Waals surface area (Å²) in [4.78, 5) is 14.1. The summed E-state index contributed by atoms with van der Waals surface area (Å²) in [6.45, 7) is 13.2. The van der Waals surface area contributed by atoms with Crippen LogP contribution in [-0.4, -0.2) is 23.1 Å². The summed E-state index contributed by atoms with van der Waals surface area (Å²) in [5.74, 6) is 0. The summed E-state index contributed by atoms with van der Waals surface area (Å²) in [6, 6.07) is 9.97. The highest BCUT2D eigenvalue weighted by atomic mass is 16.6. The van der Waals surface area contributed by atoms with Crippen LogP contribution in [0.3, 0.4) is 0 Å². The zero-order valence-electron chi connectivity index (χ0n) is 14.7. The number of carbonyl (C=O) groups is 1. The minimum absolute atomic E-state index is 0.104. The van der Waals surface area contributed by atoms with Crippen molar-refractivity contribution in [1.82, 2.24) is 4.90 Å². The molecular formula is C19H29NO2. The van der Waals surface area contributed by atoms with Gasteiger partial charge in [0.2, 0.25) is 0 Å². The summed E-state index contributed by atoms with van der Waals surface area (Å²) >= 11 is 0. The van der Waals surface area contributed by atoms with Gasteiger partial charge in [0.15, 0.2) is 0 Å². The zero-order valence-corrected chi connectivity index (χ0v) is 14.7. The second-order valence-electron chi connectivity index (χ2n) is 7.61. The smallest absolute Gasteiger partial charge is 0.410 e. The lowest BCUT2D eigenvalue weighted by atomic mass is 9.96. The largest absolute Gasteiger partial charge is 0.444 e. The third kappa shape index (κ3) is 7.87. The van der Waals surface area contributed by atoms with Gasteiger partial charge in [-0.15, -0.1) is 0 Å². The predicted molar refractivity (Wildman–Crippen MR) is 91.7 cm³/mol. The van der Waals surface area contributed by atoms with Crippen molar-refractivity contribution in [3.63, 3.8) is 0 Å². The molecule has 0 aliphatic rings. The Morgan fingerprint density at radius 1 is 1.09 bits per heavy atom. The van der Waals surface area contributed by atoms with E-state index in [1.807, 2.05) is 57.2 Å². The van der Waals surface area contributed by atoms with Gasteiger partial charge in [0.25, 0.3) is 0 Å². The fourth-order valence-electron chi connectivity index (χ4n) is 1.87. The van der Waals surface area contributed by atoms with Crippen LogP contribution in [0.1, 0.15) is 47.1 Å². The van der Waals surface area contributed by atoms with E-state index in [4.69, 9.17) is 4.74 Å². The van der Waals surface area contributed by atoms with Crippen LogP contribution < -0.4 is 0 Å². The van der Waals surface area contributed by atoms with Gasteiger partial charge in [0.1, 0.15) is 5.60 Å². The molecule has 3 heteroatoms. The second-order valence-corrected chi connectivity index (χ2v) is 7.61. The number of rotatable bonds is 4. The molecule has 3 nitrogen and oxygen atoms in total. The molecule has 0 fully saturated rings. The SMILES string of the molecule is CC(C)(C)/C=C/CN(Cc1ccccc1)C(=O)OC(C)(C)C. The molecule has 0 aromatic heterocycles. The van der Waals surface area contributed by atoms with Crippen LogP contribution >= 0.6 is 0 Å². The van der Waals surface area contributed by atoms with Gasteiger partial charge in [-0.25, -0.2) is 4.79 Å². The average molecular weight is 303 g/mol. The van der Waals surface area contributed by atoms with E-state index >= 15 is 0 Å². The highest BCUT2D eigenvalue weighted by Crippen LogP contribution is 2.16. The van der Waals surface area contributed by atoms with Crippen LogP contribution in [0.2, 0.25) is 0 Å². The van der Waals surface area contributed by atoms with Crippen molar-refractivity contribution in [3.05, 3.63) is 48.0 Å². The number of nitrogens with zero attached hydrogens (tertiary/aromatic N) is 1. The van der Waals surface area contributed by atoms with E-state index < -0.39 is 5.60 Å². The maximum atomic E-state index is 12.4. The molecule has 0 atom stereocenters. The van der Waals surface area contributed by atoms with Gasteiger partial charge in [0.05, 0.1) is 0 Å². The van der Waals surface area contributed by atoms with Crippen LogP contribution in [0.25, 0.3) is 0 Å². The van der Waals surface area contributed by atoms with Crippen molar-refractivity contribution in [2.45, 2.75) is 53.7 Å². The Balaban J connectivity index is 2.80. The molecule has 22 heavy (non-hydrogen) atoms. The maximum absolute atomic E-state index is 12.4. The summed E-state index contributed by atoms with van der Waals surface area (Å²) in [7, 11) is 0. The Labute approximate surface area is 135 Å². The summed E-state index contributed by atoms with van der Waals surface area (Å²) in [5, 5.41) is 0. The molecule has 0 aliphatic carbocycles. The van der Waals surface area contributed by atoms with Gasteiger partial charge in [-0.05, 0) is 31.7 Å². The Kier molecular flexibility index (Phi) is 6.21. The molecule has 1 amide bonds. The van der Waals surface area contributed by atoms with Crippen LogP contribution in [0.5, 0.6) is 0 Å². The first-order valence-electron chi connectivity index (χ1n) is 7.76. The number of allylic oxidation sites excluding steroid dienone is 1. The second kappa shape index (κ2) is 7.48. The highest BCUT2D eigenvalue weighted by Gasteiger charge is 2.21. The molecule has 0 radical (unpaired) electrons. The third-order valence-corrected chi connectivity index (χ3v) is 2.81. The van der Waals surface area contributed by atoms with Crippen LogP contribution in [0.15, 0.2) is 42.5 Å². The number of hydrogen-bond acceptors (Lipinski definition) is 2. The number of amides is 1. The maximum Gasteiger partial charge on any atom is 0.410 e. The Morgan fingerprint density at radius 2 is 1.68 bits per heavy atom. The molecule has 1 rings (SSSR count). The van der Waals surface area contributed by atoms with E-state index in [0.717, 1.165) is 5.56 Å². The van der Waals surface area contributed by atoms with Gasteiger partial charge < -0.3 is 9.64 Å². The van der Waals surface area contributed by atoms with Gasteiger partial charge in [0, 0.05) is 13.1 Å². The normalized spacial score (nSPS) is 12.5. The van der Waals surface area contributed by atoms with Crippen LogP contribution in [0.4, 0.5) is 4.79 Å². The average Bonchev–Trinajstić information content (AvgIpc) is 2.35. The van der Waals surface area contributed by atoms with Crippen molar-refractivity contribution in [2.24, 2.45) is 5.41 Å². The minimum Gasteiger partial charge on any atom is -0.444 e. The third-order valence-electron chi connectivity index (χ3n) is 2.81. The fourth-order valence-corrected chi connectivity index (χ4v) is 1.87. The Morgan fingerprint density at radius 3 is 2.18 bits per heavy atom. The fraction of sp³-hybridized carbons (Fsp3) is 0.526. The van der Waals surface area contributed by atoms with E-state index in [-0.39, 0.29) is 11.5 Å². The standard InChI is InChI=1S/C19H29NO2/c1-18(2,3)13-10-14-20(17(21)22-19(4,5)6)15-16-11-8-7-9-12-16/h7-13H,14-15H2,1-6H3/b13-10+. The highest BCUT2D eigenvalue weighted by molar-refractivity contribution is 5.68. The summed E-state index contributed by atoms with van der Waals surface area (Å²) < 4.78 is 5.51. The van der Waals surface area contributed by atoms with Crippen molar-refractivity contribution >= 4 is 6.09 Å². The number of benzene rings is 1. The number of carbonyl (C=O) groups excluding carboxylic acids is 1. The molecule has 0 unspecified atom stereocenters. The van der Waals surface area contributed by atoms with E-state index in [1.54, 1.807) is 4.90 Å². The quantitative estimate of drug-likeness (QED) is 0.730. The Bertz CT molecular complexity index is 492. The minimum atomic E-state index is -0.486. The molecule has 0 aliphatic heterocycles. The first-order valence-corrected chi connectivity index (χ1v) is 7.76. The van der Waals surface area contributed by atoms with Crippen molar-refractivity contribution < 1.29 is 9.53 Å². The molecule has 0 saturated carbocycles. The van der Waals surface area contributed by atoms with E-state index in [9.17, 15) is 4.79 Å². The molecule has 0 saturated heterocycles. The molecule has 0 N–H and O–H groups in total. The van der Waals surface area contributed by atoms with E-state index in [1.165, 1.54) is 0 Å². The van der Waals surface area contributed by atoms with E-state index in [2.05, 4.69) is 26.8 Å². The molecule has 0 spiro atoms. The van der Waals surface area contributed by atoms with E-state index in [0.29, 0.717) is 13.1 Å². The zero-order chi connectivity index (χ0) is 16.8. The first kappa shape index (κ1) is 18.3. The first-order chi connectivity index (χ1) is 10.1. The van der Waals surface area contributed by atoms with Gasteiger partial charge in [-0.2, -0.15) is 0 Å². The van der Waals surface area contributed by atoms with Gasteiger partial charge in [-0.1, -0.05) is 63.3 Å². The number of ether oxygens (including phenoxy) is 1. The molecule has 122 valence electrons. The van der Waals surface area contributed by atoms with Crippen LogP contribution in [0, 0.1) is 5.41 Å².